The first-order chi connectivity index (χ1) is 11.6. The van der Waals surface area contributed by atoms with Crippen LogP contribution in [-0.4, -0.2) is 10.9 Å². The van der Waals surface area contributed by atoms with Gasteiger partial charge >= 0.3 is 0 Å². The zero-order valence-electron chi connectivity index (χ0n) is 12.8. The first-order valence-electron chi connectivity index (χ1n) is 7.47. The van der Waals surface area contributed by atoms with Crippen molar-refractivity contribution >= 4 is 49.4 Å². The molecule has 2 heterocycles. The number of amides is 1. The number of hydrogen-bond acceptors (Lipinski definition) is 3. The molecule has 118 valence electrons. The Bertz CT molecular complexity index is 1080. The molecule has 0 bridgehead atoms. The Morgan fingerprint density at radius 2 is 2.00 bits per heavy atom. The van der Waals surface area contributed by atoms with Crippen molar-refractivity contribution in [2.24, 2.45) is 0 Å². The second-order valence-electron chi connectivity index (χ2n) is 5.53. The fraction of sp³-hybridized carbons (Fsp3) is 0.0526. The summed E-state index contributed by atoms with van der Waals surface area (Å²) in [5.41, 5.74) is 3.06. The molecule has 5 heteroatoms. The first-order valence-corrected chi connectivity index (χ1v) is 8.26. The molecule has 0 radical (unpaired) electrons. The van der Waals surface area contributed by atoms with E-state index in [0.717, 1.165) is 26.3 Å². The number of anilines is 1. The third-order valence-corrected chi connectivity index (χ3v) is 4.49. The number of nitrogens with zero attached hydrogens (tertiary/aromatic N) is 1. The zero-order valence-corrected chi connectivity index (χ0v) is 14.4. The Hall–Kier alpha value is -2.66. The third-order valence-electron chi connectivity index (χ3n) is 4.00. The summed E-state index contributed by atoms with van der Waals surface area (Å²) in [5, 5.41) is 4.75. The number of furan rings is 1. The van der Waals surface area contributed by atoms with Gasteiger partial charge in [-0.05, 0) is 49.4 Å². The van der Waals surface area contributed by atoms with Crippen LogP contribution in [0.25, 0.3) is 21.9 Å². The maximum absolute atomic E-state index is 12.7. The lowest BCUT2D eigenvalue weighted by Crippen LogP contribution is -2.12. The summed E-state index contributed by atoms with van der Waals surface area (Å²) in [4.78, 5) is 17.0. The Labute approximate surface area is 146 Å². The Balaban J connectivity index is 1.75. The molecule has 0 saturated carbocycles. The van der Waals surface area contributed by atoms with Crippen LogP contribution in [0.5, 0.6) is 0 Å². The molecule has 0 spiro atoms. The number of carbonyl (C=O) groups is 1. The van der Waals surface area contributed by atoms with E-state index in [0.29, 0.717) is 17.0 Å². The highest BCUT2D eigenvalue weighted by molar-refractivity contribution is 9.10. The van der Waals surface area contributed by atoms with Gasteiger partial charge in [0.25, 0.3) is 5.91 Å². The number of fused-ring (bicyclic) bond motifs is 2. The van der Waals surface area contributed by atoms with Crippen molar-refractivity contribution < 1.29 is 9.21 Å². The molecule has 1 N–H and O–H groups in total. The summed E-state index contributed by atoms with van der Waals surface area (Å²) >= 11 is 3.44. The normalized spacial score (nSPS) is 11.1. The van der Waals surface area contributed by atoms with Crippen LogP contribution in [0.4, 0.5) is 5.69 Å². The van der Waals surface area contributed by atoms with Crippen molar-refractivity contribution in [2.75, 3.05) is 5.32 Å². The first kappa shape index (κ1) is 14.9. The van der Waals surface area contributed by atoms with Crippen molar-refractivity contribution in [3.63, 3.8) is 0 Å². The number of pyridine rings is 1. The molecule has 0 aliphatic rings. The van der Waals surface area contributed by atoms with Crippen LogP contribution in [-0.2, 0) is 0 Å². The van der Waals surface area contributed by atoms with Crippen LogP contribution in [0, 0.1) is 6.92 Å². The average Bonchev–Trinajstić information content (AvgIpc) is 2.92. The fourth-order valence-electron chi connectivity index (χ4n) is 2.80. The highest BCUT2D eigenvalue weighted by atomic mass is 79.9. The molecule has 2 aromatic carbocycles. The third kappa shape index (κ3) is 2.47. The minimum Gasteiger partial charge on any atom is -0.451 e. The number of carbonyl (C=O) groups excluding carboxylic acids is 1. The van der Waals surface area contributed by atoms with E-state index in [9.17, 15) is 4.79 Å². The Kier molecular flexibility index (Phi) is 3.58. The van der Waals surface area contributed by atoms with Gasteiger partial charge in [0.15, 0.2) is 5.76 Å². The number of rotatable bonds is 2. The molecule has 0 atom stereocenters. The van der Waals surface area contributed by atoms with E-state index < -0.39 is 0 Å². The van der Waals surface area contributed by atoms with E-state index in [-0.39, 0.29) is 5.91 Å². The molecule has 0 saturated heterocycles. The van der Waals surface area contributed by atoms with Crippen LogP contribution in [0.3, 0.4) is 0 Å². The number of nitrogens with one attached hydrogen (secondary N) is 1. The van der Waals surface area contributed by atoms with Gasteiger partial charge in [0, 0.05) is 27.0 Å². The maximum Gasteiger partial charge on any atom is 0.291 e. The van der Waals surface area contributed by atoms with E-state index in [4.69, 9.17) is 4.42 Å². The van der Waals surface area contributed by atoms with Crippen molar-refractivity contribution in [1.82, 2.24) is 4.98 Å². The van der Waals surface area contributed by atoms with Gasteiger partial charge in [0.05, 0.1) is 11.2 Å². The smallest absolute Gasteiger partial charge is 0.291 e. The summed E-state index contributed by atoms with van der Waals surface area (Å²) in [6, 6.07) is 15.1. The molecule has 0 fully saturated rings. The number of aromatic nitrogens is 1. The number of benzene rings is 2. The molecule has 0 aliphatic carbocycles. The molecule has 24 heavy (non-hydrogen) atoms. The van der Waals surface area contributed by atoms with Crippen LogP contribution in [0.15, 0.2) is 63.6 Å². The van der Waals surface area contributed by atoms with E-state index in [1.54, 1.807) is 6.20 Å². The number of aryl methyl sites for hydroxylation is 1. The largest absolute Gasteiger partial charge is 0.451 e. The van der Waals surface area contributed by atoms with Crippen LogP contribution in [0.2, 0.25) is 0 Å². The average molecular weight is 381 g/mol. The molecule has 0 unspecified atom stereocenters. The van der Waals surface area contributed by atoms with Crippen molar-refractivity contribution in [3.05, 3.63) is 70.5 Å². The molecule has 1 amide bonds. The van der Waals surface area contributed by atoms with Gasteiger partial charge in [-0.2, -0.15) is 0 Å². The second-order valence-corrected chi connectivity index (χ2v) is 6.44. The standard InChI is InChI=1S/C19H13BrN2O2/c1-11-14-10-12(20)7-8-17(14)24-18(11)19(23)22-16-6-2-5-15-13(16)4-3-9-21-15/h2-10H,1H3,(H,22,23). The topological polar surface area (TPSA) is 55.1 Å². The summed E-state index contributed by atoms with van der Waals surface area (Å²) in [5.74, 6) is 0.0557. The van der Waals surface area contributed by atoms with Crippen molar-refractivity contribution in [2.45, 2.75) is 6.92 Å². The summed E-state index contributed by atoms with van der Waals surface area (Å²) < 4.78 is 6.70. The lowest BCUT2D eigenvalue weighted by molar-refractivity contribution is 0.0998. The molecule has 4 rings (SSSR count). The highest BCUT2D eigenvalue weighted by Crippen LogP contribution is 2.29. The van der Waals surface area contributed by atoms with Gasteiger partial charge < -0.3 is 9.73 Å². The Morgan fingerprint density at radius 3 is 2.88 bits per heavy atom. The quantitative estimate of drug-likeness (QED) is 0.512. The van der Waals surface area contributed by atoms with E-state index in [2.05, 4.69) is 26.2 Å². The minimum atomic E-state index is -0.267. The van der Waals surface area contributed by atoms with Crippen LogP contribution >= 0.6 is 15.9 Å². The molecule has 4 nitrogen and oxygen atoms in total. The Morgan fingerprint density at radius 1 is 1.12 bits per heavy atom. The summed E-state index contributed by atoms with van der Waals surface area (Å²) in [6.45, 7) is 1.89. The van der Waals surface area contributed by atoms with Crippen LogP contribution in [0.1, 0.15) is 16.1 Å². The van der Waals surface area contributed by atoms with Gasteiger partial charge in [-0.3, -0.25) is 9.78 Å². The second kappa shape index (κ2) is 5.76. The number of halogens is 1. The SMILES string of the molecule is Cc1c(C(=O)Nc2cccc3ncccc23)oc2ccc(Br)cc12. The fourth-order valence-corrected chi connectivity index (χ4v) is 3.16. The molecule has 2 aromatic heterocycles. The van der Waals surface area contributed by atoms with Gasteiger partial charge in [-0.1, -0.05) is 22.0 Å². The van der Waals surface area contributed by atoms with Gasteiger partial charge in [-0.25, -0.2) is 0 Å². The minimum absolute atomic E-state index is 0.267. The summed E-state index contributed by atoms with van der Waals surface area (Å²) in [6.07, 6.45) is 1.73. The summed E-state index contributed by atoms with van der Waals surface area (Å²) in [7, 11) is 0. The predicted molar refractivity (Wildman–Crippen MR) is 98.3 cm³/mol. The maximum atomic E-state index is 12.7. The van der Waals surface area contributed by atoms with E-state index in [1.807, 2.05) is 55.5 Å². The zero-order chi connectivity index (χ0) is 16.7. The monoisotopic (exact) mass is 380 g/mol. The van der Waals surface area contributed by atoms with Gasteiger partial charge in [-0.15, -0.1) is 0 Å². The predicted octanol–water partition coefficient (Wildman–Crippen LogP) is 5.30. The lowest BCUT2D eigenvalue weighted by atomic mass is 10.1. The lowest BCUT2D eigenvalue weighted by Gasteiger charge is -2.07. The van der Waals surface area contributed by atoms with Crippen molar-refractivity contribution in [3.8, 4) is 0 Å². The van der Waals surface area contributed by atoms with Crippen molar-refractivity contribution in [1.29, 1.82) is 0 Å². The molecular formula is C19H13BrN2O2. The van der Waals surface area contributed by atoms with E-state index >= 15 is 0 Å². The molecule has 4 aromatic rings. The molecular weight excluding hydrogens is 368 g/mol. The molecule has 0 aliphatic heterocycles. The highest BCUT2D eigenvalue weighted by Gasteiger charge is 2.18. The van der Waals surface area contributed by atoms with Gasteiger partial charge in [0.1, 0.15) is 5.58 Å². The number of hydrogen-bond donors (Lipinski definition) is 1. The van der Waals surface area contributed by atoms with Gasteiger partial charge in [0.2, 0.25) is 0 Å². The van der Waals surface area contributed by atoms with E-state index in [1.165, 1.54) is 0 Å². The van der Waals surface area contributed by atoms with Crippen LogP contribution < -0.4 is 5.32 Å².